The maximum Gasteiger partial charge on any atom is 0.260 e. The summed E-state index contributed by atoms with van der Waals surface area (Å²) >= 11 is 0. The number of ketones is 1. The van der Waals surface area contributed by atoms with Crippen LogP contribution in [0, 0.1) is 24.7 Å². The molecular formula is C74H92N6O12Si2. The molecule has 4 atom stereocenters. The fourth-order valence-corrected chi connectivity index (χ4v) is 14.6. The van der Waals surface area contributed by atoms with Crippen LogP contribution in [-0.2, 0) is 33.4 Å². The van der Waals surface area contributed by atoms with E-state index in [-0.39, 0.29) is 93.4 Å². The first-order valence-electron chi connectivity index (χ1n) is 33.4. The van der Waals surface area contributed by atoms with Crippen LogP contribution in [0.25, 0.3) is 16.7 Å². The van der Waals surface area contributed by atoms with Gasteiger partial charge in [0.1, 0.15) is 31.3 Å². The maximum atomic E-state index is 15.0. The highest BCUT2D eigenvalue weighted by Crippen LogP contribution is 2.48. The van der Waals surface area contributed by atoms with Crippen molar-refractivity contribution in [2.24, 2.45) is 17.8 Å². The largest absolute Gasteiger partial charge is 0.493 e. The number of nitrogens with one attached hydrogen (secondary N) is 2. The van der Waals surface area contributed by atoms with Gasteiger partial charge in [0.2, 0.25) is 5.91 Å². The number of anilines is 3. The van der Waals surface area contributed by atoms with Crippen molar-refractivity contribution < 1.29 is 57.2 Å². The van der Waals surface area contributed by atoms with Gasteiger partial charge in [-0.2, -0.15) is 0 Å². The van der Waals surface area contributed by atoms with E-state index < -0.39 is 40.2 Å². The molecular weight excluding hydrogens is 1220 g/mol. The van der Waals surface area contributed by atoms with Gasteiger partial charge in [-0.15, -0.1) is 0 Å². The molecule has 0 spiro atoms. The summed E-state index contributed by atoms with van der Waals surface area (Å²) in [5, 5.41) is 6.31. The lowest BCUT2D eigenvalue weighted by Crippen LogP contribution is -2.45. The van der Waals surface area contributed by atoms with Gasteiger partial charge < -0.3 is 43.5 Å². The molecule has 0 bridgehead atoms. The van der Waals surface area contributed by atoms with Crippen molar-refractivity contribution in [2.45, 2.75) is 142 Å². The second-order valence-corrected chi connectivity index (χ2v) is 40.0. The van der Waals surface area contributed by atoms with E-state index in [1.54, 1.807) is 64.2 Å². The van der Waals surface area contributed by atoms with Gasteiger partial charge in [0.25, 0.3) is 23.6 Å². The molecule has 2 aliphatic carbocycles. The molecule has 4 aliphatic heterocycles. The summed E-state index contributed by atoms with van der Waals surface area (Å²) < 4.78 is 37.3. The number of amides is 5. The zero-order chi connectivity index (χ0) is 66.8. The number of hydrogen-bond acceptors (Lipinski definition) is 13. The highest BCUT2D eigenvalue weighted by atomic mass is 28.3. The van der Waals surface area contributed by atoms with E-state index in [0.717, 1.165) is 41.6 Å². The van der Waals surface area contributed by atoms with E-state index in [2.05, 4.69) is 98.4 Å². The number of fused-ring (bicyclic) bond motifs is 7. The van der Waals surface area contributed by atoms with Gasteiger partial charge in [0, 0.05) is 97.1 Å². The summed E-state index contributed by atoms with van der Waals surface area (Å²) in [5.41, 5.74) is 10.4. The number of Topliss-reactive ketones (excluding diaryl/α,β-unsaturated/α-hetero) is 1. The molecule has 5 aromatic rings. The molecule has 20 heteroatoms. The van der Waals surface area contributed by atoms with Crippen molar-refractivity contribution in [3.05, 3.63) is 148 Å². The molecule has 4 heterocycles. The molecule has 0 saturated heterocycles. The zero-order valence-corrected chi connectivity index (χ0v) is 58.4. The van der Waals surface area contributed by atoms with Crippen molar-refractivity contribution in [3.8, 4) is 28.4 Å². The number of methoxy groups -OCH3 is 1. The fourth-order valence-electron chi connectivity index (χ4n) is 13.1. The lowest BCUT2D eigenvalue weighted by molar-refractivity contribution is -0.128. The topological polar surface area (TPSA) is 195 Å². The van der Waals surface area contributed by atoms with Crippen molar-refractivity contribution >= 4 is 74.1 Å². The molecule has 1 fully saturated rings. The summed E-state index contributed by atoms with van der Waals surface area (Å²) in [6.07, 6.45) is 6.99. The summed E-state index contributed by atoms with van der Waals surface area (Å²) in [4.78, 5) is 92.2. The number of carbonyl (C=O) groups excluding carboxylic acids is 6. The molecule has 2 N–H and O–H groups in total. The second-order valence-electron chi connectivity index (χ2n) is 28.7. The van der Waals surface area contributed by atoms with E-state index in [4.69, 9.17) is 28.4 Å². The Hall–Kier alpha value is -7.73. The minimum atomic E-state index is -1.50. The maximum absolute atomic E-state index is 15.0. The summed E-state index contributed by atoms with van der Waals surface area (Å²) in [7, 11) is -1.40. The number of ether oxygens (including phenoxy) is 6. The second kappa shape index (κ2) is 28.7. The van der Waals surface area contributed by atoms with Crippen LogP contribution < -0.4 is 34.6 Å². The van der Waals surface area contributed by atoms with Crippen LogP contribution in [0.15, 0.2) is 115 Å². The predicted molar refractivity (Wildman–Crippen MR) is 371 cm³/mol. The lowest BCUT2D eigenvalue weighted by atomic mass is 9.93. The van der Waals surface area contributed by atoms with Gasteiger partial charge in [0.15, 0.2) is 17.3 Å². The van der Waals surface area contributed by atoms with Gasteiger partial charge >= 0.3 is 0 Å². The quantitative estimate of drug-likeness (QED) is 0.0251. The molecule has 0 unspecified atom stereocenters. The van der Waals surface area contributed by atoms with E-state index in [0.29, 0.717) is 89.6 Å². The molecule has 1 saturated carbocycles. The molecule has 11 rings (SSSR count). The SMILES string of the molecule is COc1cc2c(cc1OCCCOc1cc3c(cc1C)C(=O)N1C=C(c4ccc(NC(=O)[C@H](C)CC(=O)[C@@H](NCOCC5c6ccccc6-c6ccccc65)C(C)C)cc4)C[C@H]1C(=O)N3COCC[Si](C)(C)C)N(COCC[Si](C)(C)C)C(=O)[C@@H]1CC(C3CC3)=CN1C2=O. The monoisotopic (exact) mass is 1310 g/mol. The highest BCUT2D eigenvalue weighted by molar-refractivity contribution is 6.76. The Morgan fingerprint density at radius 3 is 1.76 bits per heavy atom. The van der Waals surface area contributed by atoms with Crippen molar-refractivity contribution in [1.29, 1.82) is 0 Å². The minimum Gasteiger partial charge on any atom is -0.493 e. The number of nitrogens with zero attached hydrogens (tertiary/aromatic N) is 4. The molecule has 498 valence electrons. The van der Waals surface area contributed by atoms with Gasteiger partial charge in [-0.3, -0.25) is 43.9 Å². The van der Waals surface area contributed by atoms with Crippen LogP contribution in [0.1, 0.15) is 108 Å². The van der Waals surface area contributed by atoms with E-state index in [1.807, 2.05) is 39.1 Å². The molecule has 5 amide bonds. The van der Waals surface area contributed by atoms with E-state index in [1.165, 1.54) is 34.3 Å². The van der Waals surface area contributed by atoms with Gasteiger partial charge in [-0.05, 0) is 112 Å². The Morgan fingerprint density at radius 2 is 1.18 bits per heavy atom. The highest BCUT2D eigenvalue weighted by Gasteiger charge is 2.47. The summed E-state index contributed by atoms with van der Waals surface area (Å²) in [5.74, 6) is -0.353. The van der Waals surface area contributed by atoms with Crippen molar-refractivity contribution in [3.63, 3.8) is 0 Å². The Kier molecular flexibility index (Phi) is 20.7. The first-order valence-corrected chi connectivity index (χ1v) is 40.8. The van der Waals surface area contributed by atoms with E-state index >= 15 is 0 Å². The van der Waals surface area contributed by atoms with Gasteiger partial charge in [-0.25, -0.2) is 0 Å². The van der Waals surface area contributed by atoms with Crippen LogP contribution in [0.4, 0.5) is 17.1 Å². The van der Waals surface area contributed by atoms with E-state index in [9.17, 15) is 28.8 Å². The van der Waals surface area contributed by atoms with Crippen molar-refractivity contribution in [1.82, 2.24) is 15.1 Å². The molecule has 5 aromatic carbocycles. The van der Waals surface area contributed by atoms with Crippen LogP contribution >= 0.6 is 0 Å². The Bertz CT molecular complexity index is 3710. The molecule has 6 aliphatic rings. The Balaban J connectivity index is 0.721. The molecule has 0 aromatic heterocycles. The van der Waals surface area contributed by atoms with Crippen LogP contribution in [0.3, 0.4) is 0 Å². The molecule has 18 nitrogen and oxygen atoms in total. The van der Waals surface area contributed by atoms with Crippen molar-refractivity contribution in [2.75, 3.05) is 75.5 Å². The minimum absolute atomic E-state index is 0.00190. The smallest absolute Gasteiger partial charge is 0.260 e. The summed E-state index contributed by atoms with van der Waals surface area (Å²) in [6, 6.07) is 30.8. The Labute approximate surface area is 555 Å². The predicted octanol–water partition coefficient (Wildman–Crippen LogP) is 12.9. The Morgan fingerprint density at radius 1 is 0.628 bits per heavy atom. The van der Waals surface area contributed by atoms with Gasteiger partial charge in [0.05, 0.1) is 62.2 Å². The number of aryl methyl sites for hydroxylation is 1. The molecule has 94 heavy (non-hydrogen) atoms. The fraction of sp³-hybridized carbons (Fsp3) is 0.459. The average molecular weight is 1310 g/mol. The average Bonchev–Trinajstić information content (AvgIpc) is 1.60. The zero-order valence-electron chi connectivity index (χ0n) is 56.4. The third-order valence-corrected chi connectivity index (χ3v) is 22.2. The number of rotatable bonds is 30. The lowest BCUT2D eigenvalue weighted by Gasteiger charge is -2.27. The molecule has 0 radical (unpaired) electrons. The first kappa shape index (κ1) is 67.7. The normalized spacial score (nSPS) is 18.4. The number of hydrogen-bond donors (Lipinski definition) is 2. The summed E-state index contributed by atoms with van der Waals surface area (Å²) in [6.45, 7) is 23.2. The van der Waals surface area contributed by atoms with Crippen LogP contribution in [0.5, 0.6) is 17.2 Å². The van der Waals surface area contributed by atoms with Gasteiger partial charge in [-0.1, -0.05) is 121 Å². The number of benzene rings is 5. The third kappa shape index (κ3) is 15.2. The number of carbonyl (C=O) groups is 6. The first-order chi connectivity index (χ1) is 45.0. The van der Waals surface area contributed by atoms with Crippen LogP contribution in [-0.4, -0.2) is 140 Å². The third-order valence-electron chi connectivity index (χ3n) is 18.8. The standard InChI is InChI=1S/C74H92N6O12Si2/c1-46(2)69(75-43-90-42-60-56-19-14-12-17-54(56)55-18-13-15-20-57(55)60)65(81)34-48(4)70(82)76-53-25-23-50(24-26-53)52-36-63-73(85)79(44-88-29-31-93(6,7)8)61-38-66(47(3)33-58(61)71(83)77(63)41-52)91-27-16-28-92-68-39-62-59(37-67(68)87-5)72(84)78-40-51(49-21-22-49)35-64(78)74(86)80(62)45-89-30-32-94(9,10)11/h12-15,17-20,23-26,33,37-41,46,48-49,60,63-64,69,75H,16,21-22,27-32,34-36,42-45H2,1-11H3,(H,76,82)/t48-,63+,64+,69+/m1/s1. The van der Waals surface area contributed by atoms with Crippen LogP contribution in [0.2, 0.25) is 51.4 Å².